The van der Waals surface area contributed by atoms with Gasteiger partial charge in [-0.15, -0.1) is 11.3 Å². The first kappa shape index (κ1) is 18.1. The summed E-state index contributed by atoms with van der Waals surface area (Å²) in [6.07, 6.45) is 0. The molecule has 0 saturated carbocycles. The molecule has 0 unspecified atom stereocenters. The van der Waals surface area contributed by atoms with Crippen LogP contribution in [-0.4, -0.2) is 25.0 Å². The van der Waals surface area contributed by atoms with Gasteiger partial charge in [0.2, 0.25) is 5.91 Å². The lowest BCUT2D eigenvalue weighted by atomic mass is 10.1. The molecule has 1 aromatic carbocycles. The molecule has 2 rings (SSSR count). The Hall–Kier alpha value is -2.25. The molecule has 1 atom stereocenters. The van der Waals surface area contributed by atoms with E-state index < -0.39 is 5.97 Å². The van der Waals surface area contributed by atoms with Gasteiger partial charge in [-0.1, -0.05) is 12.1 Å². The number of anilines is 1. The molecule has 0 bridgehead atoms. The number of rotatable bonds is 7. The Bertz CT molecular complexity index is 717. The van der Waals surface area contributed by atoms with Gasteiger partial charge in [-0.25, -0.2) is 9.18 Å². The largest absolute Gasteiger partial charge is 0.462 e. The maximum Gasteiger partial charge on any atom is 0.341 e. The maximum atomic E-state index is 13.2. The van der Waals surface area contributed by atoms with Crippen LogP contribution in [0, 0.1) is 5.82 Å². The second-order valence-corrected chi connectivity index (χ2v) is 6.01. The summed E-state index contributed by atoms with van der Waals surface area (Å²) < 4.78 is 18.2. The minimum Gasteiger partial charge on any atom is -0.462 e. The van der Waals surface area contributed by atoms with Gasteiger partial charge in [0.05, 0.1) is 18.7 Å². The third kappa shape index (κ3) is 4.87. The summed E-state index contributed by atoms with van der Waals surface area (Å²) in [5, 5.41) is 7.88. The lowest BCUT2D eigenvalue weighted by Crippen LogP contribution is -2.30. The zero-order valence-electron chi connectivity index (χ0n) is 13.5. The molecule has 7 heteroatoms. The minimum atomic E-state index is -0.463. The zero-order chi connectivity index (χ0) is 17.5. The smallest absolute Gasteiger partial charge is 0.341 e. The highest BCUT2D eigenvalue weighted by Gasteiger charge is 2.16. The summed E-state index contributed by atoms with van der Waals surface area (Å²) in [5.74, 6) is -1.07. The van der Waals surface area contributed by atoms with Crippen molar-refractivity contribution in [2.75, 3.05) is 18.5 Å². The fourth-order valence-electron chi connectivity index (χ4n) is 2.09. The van der Waals surface area contributed by atoms with Gasteiger partial charge in [0.25, 0.3) is 0 Å². The van der Waals surface area contributed by atoms with E-state index in [1.807, 2.05) is 6.92 Å². The number of thiophene rings is 1. The van der Waals surface area contributed by atoms with Crippen LogP contribution in [0.1, 0.15) is 35.8 Å². The topological polar surface area (TPSA) is 67.4 Å². The van der Waals surface area contributed by atoms with Gasteiger partial charge in [-0.2, -0.15) is 0 Å². The summed E-state index contributed by atoms with van der Waals surface area (Å²) in [6, 6.07) is 7.64. The molecular weight excluding hydrogens is 331 g/mol. The predicted octanol–water partition coefficient (Wildman–Crippen LogP) is 3.35. The SMILES string of the molecule is CCOC(=O)c1ccsc1NC(=O)CN[C@H](C)c1cccc(F)c1. The first-order valence-electron chi connectivity index (χ1n) is 7.54. The Morgan fingerprint density at radius 1 is 1.33 bits per heavy atom. The van der Waals surface area contributed by atoms with E-state index in [1.54, 1.807) is 30.5 Å². The number of esters is 1. The molecule has 1 heterocycles. The molecule has 0 aliphatic heterocycles. The minimum absolute atomic E-state index is 0.0395. The summed E-state index contributed by atoms with van der Waals surface area (Å²) in [5.41, 5.74) is 1.10. The third-order valence-corrected chi connectivity index (χ3v) is 4.16. The van der Waals surface area contributed by atoms with Crippen LogP contribution in [0.15, 0.2) is 35.7 Å². The summed E-state index contributed by atoms with van der Waals surface area (Å²) in [6.45, 7) is 3.88. The number of amides is 1. The second-order valence-electron chi connectivity index (χ2n) is 5.09. The monoisotopic (exact) mass is 350 g/mol. The Morgan fingerprint density at radius 3 is 2.83 bits per heavy atom. The molecule has 2 N–H and O–H groups in total. The predicted molar refractivity (Wildman–Crippen MR) is 91.7 cm³/mol. The number of halogens is 1. The van der Waals surface area contributed by atoms with Crippen molar-refractivity contribution < 1.29 is 18.7 Å². The van der Waals surface area contributed by atoms with Gasteiger partial charge in [-0.3, -0.25) is 4.79 Å². The van der Waals surface area contributed by atoms with Crippen LogP contribution in [0.25, 0.3) is 0 Å². The molecule has 128 valence electrons. The average Bonchev–Trinajstić information content (AvgIpc) is 3.01. The number of nitrogens with one attached hydrogen (secondary N) is 2. The number of ether oxygens (including phenoxy) is 1. The third-order valence-electron chi connectivity index (χ3n) is 3.33. The Labute approximate surface area is 143 Å². The molecule has 1 amide bonds. The molecule has 0 saturated heterocycles. The lowest BCUT2D eigenvalue weighted by Gasteiger charge is -2.14. The van der Waals surface area contributed by atoms with Crippen LogP contribution in [0.5, 0.6) is 0 Å². The number of carbonyl (C=O) groups excluding carboxylic acids is 2. The van der Waals surface area contributed by atoms with Gasteiger partial charge in [0.1, 0.15) is 10.8 Å². The Balaban J connectivity index is 1.90. The first-order valence-corrected chi connectivity index (χ1v) is 8.42. The van der Waals surface area contributed by atoms with Gasteiger partial charge < -0.3 is 15.4 Å². The van der Waals surface area contributed by atoms with Crippen LogP contribution < -0.4 is 10.6 Å². The highest BCUT2D eigenvalue weighted by atomic mass is 32.1. The molecule has 2 aromatic rings. The fraction of sp³-hybridized carbons (Fsp3) is 0.294. The number of carbonyl (C=O) groups is 2. The van der Waals surface area contributed by atoms with Crippen molar-refractivity contribution in [3.8, 4) is 0 Å². The van der Waals surface area contributed by atoms with Crippen molar-refractivity contribution in [2.24, 2.45) is 0 Å². The quantitative estimate of drug-likeness (QED) is 0.752. The molecular formula is C17H19FN2O3S. The van der Waals surface area contributed by atoms with Crippen molar-refractivity contribution in [2.45, 2.75) is 19.9 Å². The Morgan fingerprint density at radius 2 is 2.12 bits per heavy atom. The summed E-state index contributed by atoms with van der Waals surface area (Å²) in [7, 11) is 0. The normalized spacial score (nSPS) is 11.8. The number of benzene rings is 1. The van der Waals surface area contributed by atoms with Crippen molar-refractivity contribution in [3.05, 3.63) is 52.7 Å². The number of hydrogen-bond acceptors (Lipinski definition) is 5. The molecule has 0 aliphatic carbocycles. The van der Waals surface area contributed by atoms with Crippen LogP contribution in [0.4, 0.5) is 9.39 Å². The van der Waals surface area contributed by atoms with Crippen LogP contribution >= 0.6 is 11.3 Å². The molecule has 1 aromatic heterocycles. The average molecular weight is 350 g/mol. The number of hydrogen-bond donors (Lipinski definition) is 2. The van der Waals surface area contributed by atoms with Crippen LogP contribution in [0.2, 0.25) is 0 Å². The van der Waals surface area contributed by atoms with E-state index in [-0.39, 0.29) is 30.9 Å². The summed E-state index contributed by atoms with van der Waals surface area (Å²) >= 11 is 1.25. The molecule has 0 spiro atoms. The highest BCUT2D eigenvalue weighted by molar-refractivity contribution is 7.14. The first-order chi connectivity index (χ1) is 11.5. The van der Waals surface area contributed by atoms with Gasteiger partial charge >= 0.3 is 5.97 Å². The standard InChI is InChI=1S/C17H19FN2O3S/c1-3-23-17(22)14-7-8-24-16(14)20-15(21)10-19-11(2)12-5-4-6-13(18)9-12/h4-9,11,19H,3,10H2,1-2H3,(H,20,21)/t11-/m1/s1. The van der Waals surface area contributed by atoms with E-state index in [1.165, 1.54) is 23.5 Å². The van der Waals surface area contributed by atoms with E-state index in [0.717, 1.165) is 5.56 Å². The molecule has 5 nitrogen and oxygen atoms in total. The van der Waals surface area contributed by atoms with Crippen molar-refractivity contribution >= 4 is 28.2 Å². The Kier molecular flexibility index (Phi) is 6.45. The van der Waals surface area contributed by atoms with E-state index in [4.69, 9.17) is 4.74 Å². The molecule has 24 heavy (non-hydrogen) atoms. The molecule has 0 radical (unpaired) electrons. The van der Waals surface area contributed by atoms with Gasteiger partial charge in [0.15, 0.2) is 0 Å². The van der Waals surface area contributed by atoms with E-state index in [9.17, 15) is 14.0 Å². The van der Waals surface area contributed by atoms with E-state index >= 15 is 0 Å². The van der Waals surface area contributed by atoms with Gasteiger partial charge in [-0.05, 0) is 43.0 Å². The maximum absolute atomic E-state index is 13.2. The van der Waals surface area contributed by atoms with E-state index in [0.29, 0.717) is 10.6 Å². The van der Waals surface area contributed by atoms with Crippen molar-refractivity contribution in [1.29, 1.82) is 0 Å². The van der Waals surface area contributed by atoms with Gasteiger partial charge in [0, 0.05) is 6.04 Å². The molecule has 0 aliphatic rings. The van der Waals surface area contributed by atoms with Crippen molar-refractivity contribution in [3.63, 3.8) is 0 Å². The zero-order valence-corrected chi connectivity index (χ0v) is 14.3. The second kappa shape index (κ2) is 8.56. The van der Waals surface area contributed by atoms with Crippen molar-refractivity contribution in [1.82, 2.24) is 5.32 Å². The lowest BCUT2D eigenvalue weighted by molar-refractivity contribution is -0.115. The van der Waals surface area contributed by atoms with Crippen LogP contribution in [-0.2, 0) is 9.53 Å². The molecule has 0 fully saturated rings. The van der Waals surface area contributed by atoms with E-state index in [2.05, 4.69) is 10.6 Å². The fourth-order valence-corrected chi connectivity index (χ4v) is 2.88. The summed E-state index contributed by atoms with van der Waals surface area (Å²) in [4.78, 5) is 23.8. The van der Waals surface area contributed by atoms with Crippen LogP contribution in [0.3, 0.4) is 0 Å². The highest BCUT2D eigenvalue weighted by Crippen LogP contribution is 2.24.